The highest BCUT2D eigenvalue weighted by Crippen LogP contribution is 2.24. The minimum absolute atomic E-state index is 0.647. The Balaban J connectivity index is 2.98. The van der Waals surface area contributed by atoms with Crippen molar-refractivity contribution < 1.29 is 0 Å². The molecule has 3 N–H and O–H groups in total. The SMILES string of the molecule is CCCc1c(NN)ncnc1N(C)CC(C)CC. The third kappa shape index (κ3) is 3.57. The number of nitrogens with one attached hydrogen (secondary N) is 1. The molecule has 102 valence electrons. The Bertz CT molecular complexity index is 366. The standard InChI is InChI=1S/C13H25N5/c1-5-7-11-12(17-14)15-9-16-13(11)18(4)8-10(3)6-2/h9-10H,5-8,14H2,1-4H3,(H,15,16,17). The molecule has 1 atom stereocenters. The van der Waals surface area contributed by atoms with Gasteiger partial charge in [-0.3, -0.25) is 0 Å². The Morgan fingerprint density at radius 1 is 1.39 bits per heavy atom. The average molecular weight is 251 g/mol. The topological polar surface area (TPSA) is 67.1 Å². The summed E-state index contributed by atoms with van der Waals surface area (Å²) in [6, 6.07) is 0. The van der Waals surface area contributed by atoms with Gasteiger partial charge in [0.2, 0.25) is 0 Å². The van der Waals surface area contributed by atoms with Crippen LogP contribution in [0.15, 0.2) is 6.33 Å². The van der Waals surface area contributed by atoms with E-state index in [0.29, 0.717) is 5.92 Å². The smallest absolute Gasteiger partial charge is 0.148 e. The zero-order valence-electron chi connectivity index (χ0n) is 11.9. The maximum atomic E-state index is 5.52. The maximum absolute atomic E-state index is 5.52. The van der Waals surface area contributed by atoms with Crippen molar-refractivity contribution in [3.63, 3.8) is 0 Å². The van der Waals surface area contributed by atoms with Gasteiger partial charge in [-0.1, -0.05) is 33.6 Å². The third-order valence-electron chi connectivity index (χ3n) is 3.20. The monoisotopic (exact) mass is 251 g/mol. The van der Waals surface area contributed by atoms with E-state index in [2.05, 4.69) is 48.1 Å². The highest BCUT2D eigenvalue weighted by molar-refractivity contribution is 5.58. The lowest BCUT2D eigenvalue weighted by Gasteiger charge is -2.24. The Hall–Kier alpha value is -1.36. The van der Waals surface area contributed by atoms with Crippen molar-refractivity contribution in [1.29, 1.82) is 0 Å². The van der Waals surface area contributed by atoms with Crippen LogP contribution < -0.4 is 16.2 Å². The molecule has 0 saturated carbocycles. The second kappa shape index (κ2) is 7.16. The van der Waals surface area contributed by atoms with Crippen molar-refractivity contribution >= 4 is 11.6 Å². The number of hydrogen-bond donors (Lipinski definition) is 2. The molecule has 1 rings (SSSR count). The summed E-state index contributed by atoms with van der Waals surface area (Å²) in [4.78, 5) is 10.8. The fourth-order valence-electron chi connectivity index (χ4n) is 2.02. The van der Waals surface area contributed by atoms with Crippen molar-refractivity contribution in [2.75, 3.05) is 23.9 Å². The molecule has 5 heteroatoms. The highest BCUT2D eigenvalue weighted by Gasteiger charge is 2.15. The number of hydrogen-bond acceptors (Lipinski definition) is 5. The van der Waals surface area contributed by atoms with Crippen LogP contribution in [0.25, 0.3) is 0 Å². The van der Waals surface area contributed by atoms with Gasteiger partial charge in [-0.2, -0.15) is 0 Å². The van der Waals surface area contributed by atoms with Crippen molar-refractivity contribution in [3.05, 3.63) is 11.9 Å². The summed E-state index contributed by atoms with van der Waals surface area (Å²) < 4.78 is 0. The molecule has 1 aromatic heterocycles. The van der Waals surface area contributed by atoms with E-state index < -0.39 is 0 Å². The predicted molar refractivity (Wildman–Crippen MR) is 76.6 cm³/mol. The minimum Gasteiger partial charge on any atom is -0.359 e. The average Bonchev–Trinajstić information content (AvgIpc) is 2.38. The summed E-state index contributed by atoms with van der Waals surface area (Å²) in [6.45, 7) is 7.59. The van der Waals surface area contributed by atoms with Crippen molar-refractivity contribution in [3.8, 4) is 0 Å². The van der Waals surface area contributed by atoms with Gasteiger partial charge in [-0.05, 0) is 12.3 Å². The Morgan fingerprint density at radius 3 is 2.67 bits per heavy atom. The van der Waals surface area contributed by atoms with Crippen molar-refractivity contribution in [2.24, 2.45) is 11.8 Å². The van der Waals surface area contributed by atoms with Crippen molar-refractivity contribution in [1.82, 2.24) is 9.97 Å². The lowest BCUT2D eigenvalue weighted by molar-refractivity contribution is 0.556. The van der Waals surface area contributed by atoms with Gasteiger partial charge in [0.25, 0.3) is 0 Å². The number of nitrogens with two attached hydrogens (primary N) is 1. The fraction of sp³-hybridized carbons (Fsp3) is 0.692. The summed E-state index contributed by atoms with van der Waals surface area (Å²) in [5.74, 6) is 7.89. The molecule has 5 nitrogen and oxygen atoms in total. The van der Waals surface area contributed by atoms with Gasteiger partial charge in [0.05, 0.1) is 0 Å². The molecular weight excluding hydrogens is 226 g/mol. The summed E-state index contributed by atoms with van der Waals surface area (Å²) in [5, 5.41) is 0. The van der Waals surface area contributed by atoms with Crippen LogP contribution in [0.1, 0.15) is 39.2 Å². The highest BCUT2D eigenvalue weighted by atomic mass is 15.3. The number of anilines is 2. The van der Waals surface area contributed by atoms with E-state index >= 15 is 0 Å². The van der Waals surface area contributed by atoms with Gasteiger partial charge >= 0.3 is 0 Å². The first-order valence-electron chi connectivity index (χ1n) is 6.65. The number of aromatic nitrogens is 2. The first-order valence-corrected chi connectivity index (χ1v) is 6.65. The molecule has 1 aromatic rings. The number of nitrogens with zero attached hydrogens (tertiary/aromatic N) is 3. The number of hydrazine groups is 1. The minimum atomic E-state index is 0.647. The second-order valence-electron chi connectivity index (χ2n) is 4.81. The van der Waals surface area contributed by atoms with Crippen LogP contribution in [0.5, 0.6) is 0 Å². The largest absolute Gasteiger partial charge is 0.359 e. The second-order valence-corrected chi connectivity index (χ2v) is 4.81. The maximum Gasteiger partial charge on any atom is 0.148 e. The molecular formula is C13H25N5. The van der Waals surface area contributed by atoms with Crippen LogP contribution in [0.4, 0.5) is 11.6 Å². The first-order chi connectivity index (χ1) is 8.63. The van der Waals surface area contributed by atoms with Crippen LogP contribution in [0, 0.1) is 5.92 Å². The van der Waals surface area contributed by atoms with E-state index in [1.165, 1.54) is 6.42 Å². The number of rotatable bonds is 7. The lowest BCUT2D eigenvalue weighted by atomic mass is 10.1. The molecule has 0 bridgehead atoms. The Labute approximate surface area is 110 Å². The van der Waals surface area contributed by atoms with E-state index in [1.807, 2.05) is 0 Å². The molecule has 0 saturated heterocycles. The predicted octanol–water partition coefficient (Wildman–Crippen LogP) is 2.20. The van der Waals surface area contributed by atoms with E-state index in [4.69, 9.17) is 5.84 Å². The molecule has 0 aromatic carbocycles. The molecule has 18 heavy (non-hydrogen) atoms. The van der Waals surface area contributed by atoms with E-state index in [9.17, 15) is 0 Å². The summed E-state index contributed by atoms with van der Waals surface area (Å²) >= 11 is 0. The van der Waals surface area contributed by atoms with Crippen molar-refractivity contribution in [2.45, 2.75) is 40.0 Å². The molecule has 1 heterocycles. The molecule has 0 aliphatic carbocycles. The van der Waals surface area contributed by atoms with Crippen LogP contribution in [0.3, 0.4) is 0 Å². The van der Waals surface area contributed by atoms with Crippen LogP contribution in [-0.2, 0) is 6.42 Å². The molecule has 0 spiro atoms. The van der Waals surface area contributed by atoms with Gasteiger partial charge in [0.1, 0.15) is 18.0 Å². The quantitative estimate of drug-likeness (QED) is 0.574. The van der Waals surface area contributed by atoms with Gasteiger partial charge in [-0.25, -0.2) is 15.8 Å². The zero-order chi connectivity index (χ0) is 13.5. The Morgan fingerprint density at radius 2 is 2.11 bits per heavy atom. The fourth-order valence-corrected chi connectivity index (χ4v) is 2.02. The van der Waals surface area contributed by atoms with E-state index in [1.54, 1.807) is 6.33 Å². The normalized spacial score (nSPS) is 12.3. The zero-order valence-corrected chi connectivity index (χ0v) is 11.9. The van der Waals surface area contributed by atoms with Crippen LogP contribution in [-0.4, -0.2) is 23.6 Å². The molecule has 0 radical (unpaired) electrons. The van der Waals surface area contributed by atoms with E-state index in [-0.39, 0.29) is 0 Å². The van der Waals surface area contributed by atoms with E-state index in [0.717, 1.165) is 36.6 Å². The molecule has 1 unspecified atom stereocenters. The van der Waals surface area contributed by atoms with Crippen LogP contribution in [0.2, 0.25) is 0 Å². The lowest BCUT2D eigenvalue weighted by Crippen LogP contribution is -2.26. The first kappa shape index (κ1) is 14.7. The van der Waals surface area contributed by atoms with Gasteiger partial charge in [0.15, 0.2) is 0 Å². The summed E-state index contributed by atoms with van der Waals surface area (Å²) in [6.07, 6.45) is 4.71. The Kier molecular flexibility index (Phi) is 5.85. The molecule has 0 aliphatic heterocycles. The van der Waals surface area contributed by atoms with Gasteiger partial charge in [0, 0.05) is 19.2 Å². The number of nitrogen functional groups attached to an aromatic ring is 1. The summed E-state index contributed by atoms with van der Waals surface area (Å²) in [7, 11) is 2.08. The van der Waals surface area contributed by atoms with Crippen LogP contribution >= 0.6 is 0 Å². The molecule has 0 aliphatic rings. The molecule has 0 amide bonds. The van der Waals surface area contributed by atoms with Gasteiger partial charge < -0.3 is 10.3 Å². The molecule has 0 fully saturated rings. The summed E-state index contributed by atoms with van der Waals surface area (Å²) in [5.41, 5.74) is 3.77. The third-order valence-corrected chi connectivity index (χ3v) is 3.20. The van der Waals surface area contributed by atoms with Gasteiger partial charge in [-0.15, -0.1) is 0 Å².